The Labute approximate surface area is 113 Å². The smallest absolute Gasteiger partial charge is 0.273 e. The molecule has 18 heavy (non-hydrogen) atoms. The van der Waals surface area contributed by atoms with Gasteiger partial charge >= 0.3 is 0 Å². The molecular weight excluding hydrogens is 298 g/mol. The van der Waals surface area contributed by atoms with E-state index in [0.717, 1.165) is 10.0 Å². The Morgan fingerprint density at radius 1 is 1.39 bits per heavy atom. The Kier molecular flexibility index (Phi) is 3.66. The highest BCUT2D eigenvalue weighted by atomic mass is 79.9. The lowest BCUT2D eigenvalue weighted by Crippen LogP contribution is -2.43. The number of hydrogen-bond donors (Lipinski definition) is 3. The van der Waals surface area contributed by atoms with Crippen molar-refractivity contribution in [3.8, 4) is 0 Å². The molecule has 0 fully saturated rings. The standard InChI is InChI=1S/C12H12BrN3O2/c1-7-6-8(2-3-9(7)13)14-12(18)10-4-5-11(17)16-15-10/h2-4,6,15H,5H2,1H3,(H,14,18)(H,16,17). The average Bonchev–Trinajstić information content (AvgIpc) is 2.34. The topological polar surface area (TPSA) is 70.2 Å². The fraction of sp³-hybridized carbons (Fsp3) is 0.167. The van der Waals surface area contributed by atoms with Crippen LogP contribution >= 0.6 is 15.9 Å². The first-order valence-corrected chi connectivity index (χ1v) is 6.18. The summed E-state index contributed by atoms with van der Waals surface area (Å²) in [6.45, 7) is 1.94. The maximum atomic E-state index is 11.9. The maximum Gasteiger partial charge on any atom is 0.273 e. The SMILES string of the molecule is Cc1cc(NC(=O)C2=CCC(=O)NN2)ccc1Br. The summed E-state index contributed by atoms with van der Waals surface area (Å²) in [5.74, 6) is -0.442. The lowest BCUT2D eigenvalue weighted by molar-refractivity contribution is -0.121. The summed E-state index contributed by atoms with van der Waals surface area (Å²) >= 11 is 3.39. The van der Waals surface area contributed by atoms with E-state index < -0.39 is 0 Å². The van der Waals surface area contributed by atoms with Crippen LogP contribution in [0.5, 0.6) is 0 Å². The predicted molar refractivity (Wildman–Crippen MR) is 71.5 cm³/mol. The third-order valence-corrected chi connectivity index (χ3v) is 3.38. The van der Waals surface area contributed by atoms with Crippen molar-refractivity contribution in [2.45, 2.75) is 13.3 Å². The van der Waals surface area contributed by atoms with Crippen molar-refractivity contribution in [1.82, 2.24) is 10.9 Å². The number of aryl methyl sites for hydroxylation is 1. The molecule has 2 rings (SSSR count). The van der Waals surface area contributed by atoms with Crippen LogP contribution in [0.4, 0.5) is 5.69 Å². The van der Waals surface area contributed by atoms with Crippen molar-refractivity contribution in [1.29, 1.82) is 0 Å². The van der Waals surface area contributed by atoms with Crippen molar-refractivity contribution in [3.63, 3.8) is 0 Å². The summed E-state index contributed by atoms with van der Waals surface area (Å²) in [6.07, 6.45) is 1.76. The van der Waals surface area contributed by atoms with Gasteiger partial charge in [-0.3, -0.25) is 20.4 Å². The van der Waals surface area contributed by atoms with E-state index in [4.69, 9.17) is 0 Å². The Bertz CT molecular complexity index is 540. The van der Waals surface area contributed by atoms with Gasteiger partial charge in [-0.15, -0.1) is 0 Å². The quantitative estimate of drug-likeness (QED) is 0.777. The number of benzene rings is 1. The van der Waals surface area contributed by atoms with Gasteiger partial charge in [-0.25, -0.2) is 0 Å². The highest BCUT2D eigenvalue weighted by molar-refractivity contribution is 9.10. The van der Waals surface area contributed by atoms with Gasteiger partial charge in [0.1, 0.15) is 5.70 Å². The summed E-state index contributed by atoms with van der Waals surface area (Å²) in [5.41, 5.74) is 7.03. The molecule has 1 heterocycles. The molecule has 1 aromatic rings. The molecule has 0 saturated heterocycles. The molecule has 0 atom stereocenters. The fourth-order valence-electron chi connectivity index (χ4n) is 1.50. The zero-order chi connectivity index (χ0) is 13.1. The first-order chi connectivity index (χ1) is 8.56. The molecule has 1 aliphatic rings. The summed E-state index contributed by atoms with van der Waals surface area (Å²) in [6, 6.07) is 5.54. The lowest BCUT2D eigenvalue weighted by Gasteiger charge is -2.16. The number of anilines is 1. The van der Waals surface area contributed by atoms with E-state index in [1.807, 2.05) is 19.1 Å². The van der Waals surface area contributed by atoms with Gasteiger partial charge in [0.25, 0.3) is 5.91 Å². The van der Waals surface area contributed by atoms with Gasteiger partial charge in [0, 0.05) is 16.6 Å². The van der Waals surface area contributed by atoms with Crippen LogP contribution < -0.4 is 16.2 Å². The van der Waals surface area contributed by atoms with Crippen molar-refractivity contribution in [2.75, 3.05) is 5.32 Å². The Morgan fingerprint density at radius 3 is 2.78 bits per heavy atom. The first kappa shape index (κ1) is 12.6. The monoisotopic (exact) mass is 309 g/mol. The molecule has 0 spiro atoms. The number of amides is 2. The Balaban J connectivity index is 2.07. The number of nitrogens with one attached hydrogen (secondary N) is 3. The van der Waals surface area contributed by atoms with Crippen molar-refractivity contribution < 1.29 is 9.59 Å². The molecule has 1 aromatic carbocycles. The summed E-state index contributed by atoms with van der Waals surface area (Å²) in [7, 11) is 0. The van der Waals surface area contributed by atoms with Gasteiger partial charge in [-0.1, -0.05) is 15.9 Å². The van der Waals surface area contributed by atoms with Crippen LogP contribution in [0.3, 0.4) is 0 Å². The fourth-order valence-corrected chi connectivity index (χ4v) is 1.75. The summed E-state index contributed by atoms with van der Waals surface area (Å²) in [5, 5.41) is 2.75. The minimum absolute atomic E-state index is 0.161. The van der Waals surface area contributed by atoms with E-state index in [1.165, 1.54) is 0 Å². The Hall–Kier alpha value is -1.82. The molecule has 5 nitrogen and oxygen atoms in total. The molecule has 0 saturated carbocycles. The molecule has 0 radical (unpaired) electrons. The summed E-state index contributed by atoms with van der Waals surface area (Å²) in [4.78, 5) is 22.8. The number of hydrogen-bond acceptors (Lipinski definition) is 3. The van der Waals surface area contributed by atoms with Crippen LogP contribution in [0, 0.1) is 6.92 Å². The molecule has 2 amide bonds. The first-order valence-electron chi connectivity index (χ1n) is 5.39. The zero-order valence-corrected chi connectivity index (χ0v) is 11.3. The normalized spacial score (nSPS) is 14.3. The molecule has 0 bridgehead atoms. The highest BCUT2D eigenvalue weighted by Crippen LogP contribution is 2.20. The second kappa shape index (κ2) is 5.22. The number of rotatable bonds is 2. The molecule has 0 unspecified atom stereocenters. The molecule has 94 valence electrons. The number of carbonyl (C=O) groups excluding carboxylic acids is 2. The van der Waals surface area contributed by atoms with Crippen LogP contribution in [0.25, 0.3) is 0 Å². The van der Waals surface area contributed by atoms with Gasteiger partial charge in [-0.05, 0) is 36.8 Å². The van der Waals surface area contributed by atoms with Crippen molar-refractivity contribution >= 4 is 33.4 Å². The van der Waals surface area contributed by atoms with Gasteiger partial charge in [0.15, 0.2) is 0 Å². The van der Waals surface area contributed by atoms with Crippen LogP contribution in [-0.2, 0) is 9.59 Å². The van der Waals surface area contributed by atoms with Gasteiger partial charge in [0.2, 0.25) is 5.91 Å². The van der Waals surface area contributed by atoms with Crippen LogP contribution in [-0.4, -0.2) is 11.8 Å². The van der Waals surface area contributed by atoms with Crippen molar-refractivity contribution in [2.24, 2.45) is 0 Å². The van der Waals surface area contributed by atoms with E-state index in [-0.39, 0.29) is 18.2 Å². The molecule has 0 aliphatic carbocycles. The van der Waals surface area contributed by atoms with Gasteiger partial charge in [0.05, 0.1) is 0 Å². The average molecular weight is 310 g/mol. The number of halogens is 1. The second-order valence-electron chi connectivity index (χ2n) is 3.91. The maximum absolute atomic E-state index is 11.9. The molecular formula is C12H12BrN3O2. The molecule has 1 aliphatic heterocycles. The highest BCUT2D eigenvalue weighted by Gasteiger charge is 2.15. The predicted octanol–water partition coefficient (Wildman–Crippen LogP) is 1.60. The van der Waals surface area contributed by atoms with Crippen molar-refractivity contribution in [3.05, 3.63) is 40.0 Å². The molecule has 0 aromatic heterocycles. The van der Waals surface area contributed by atoms with Crippen LogP contribution in [0.1, 0.15) is 12.0 Å². The van der Waals surface area contributed by atoms with E-state index in [2.05, 4.69) is 32.1 Å². The summed E-state index contributed by atoms with van der Waals surface area (Å²) < 4.78 is 0.989. The van der Waals surface area contributed by atoms with E-state index in [9.17, 15) is 9.59 Å². The Morgan fingerprint density at radius 2 is 2.17 bits per heavy atom. The lowest BCUT2D eigenvalue weighted by atomic mass is 10.2. The van der Waals surface area contributed by atoms with Gasteiger partial charge < -0.3 is 5.32 Å². The molecule has 6 heteroatoms. The zero-order valence-electron chi connectivity index (χ0n) is 9.71. The number of hydrazine groups is 1. The van der Waals surface area contributed by atoms with E-state index >= 15 is 0 Å². The van der Waals surface area contributed by atoms with Crippen LogP contribution in [0.15, 0.2) is 34.4 Å². The number of carbonyl (C=O) groups is 2. The second-order valence-corrected chi connectivity index (χ2v) is 4.77. The van der Waals surface area contributed by atoms with Gasteiger partial charge in [-0.2, -0.15) is 0 Å². The minimum Gasteiger partial charge on any atom is -0.321 e. The van der Waals surface area contributed by atoms with E-state index in [0.29, 0.717) is 11.4 Å². The third-order valence-electron chi connectivity index (χ3n) is 2.49. The minimum atomic E-state index is -0.281. The third kappa shape index (κ3) is 2.89. The van der Waals surface area contributed by atoms with E-state index in [1.54, 1.807) is 12.1 Å². The molecule has 3 N–H and O–H groups in total. The van der Waals surface area contributed by atoms with Crippen LogP contribution in [0.2, 0.25) is 0 Å². The largest absolute Gasteiger partial charge is 0.321 e.